The monoisotopic (exact) mass is 859 g/mol. The second kappa shape index (κ2) is 14.6. The van der Waals surface area contributed by atoms with E-state index in [1.54, 1.807) is 24.3 Å². The molecule has 3 nitrogen and oxygen atoms in total. The summed E-state index contributed by atoms with van der Waals surface area (Å²) >= 11 is 0. The van der Waals surface area contributed by atoms with Crippen LogP contribution in [0.4, 0.5) is 8.78 Å². The van der Waals surface area contributed by atoms with Crippen molar-refractivity contribution >= 4 is 65.4 Å². The van der Waals surface area contributed by atoms with Crippen molar-refractivity contribution in [3.63, 3.8) is 0 Å². The van der Waals surface area contributed by atoms with Crippen LogP contribution in [-0.4, -0.2) is 13.7 Å². The highest BCUT2D eigenvalue weighted by Crippen LogP contribution is 2.52. The van der Waals surface area contributed by atoms with Gasteiger partial charge in [-0.25, -0.2) is 8.78 Å². The molecule has 3 aromatic heterocycles. The summed E-state index contributed by atoms with van der Waals surface area (Å²) in [5.74, 6) is -0.616. The number of rotatable bonds is 6. The average Bonchev–Trinajstić information content (AvgIpc) is 3.94. The third-order valence-corrected chi connectivity index (χ3v) is 13.9. The predicted octanol–water partition coefficient (Wildman–Crippen LogP) is 16.6. The number of fused-ring (bicyclic) bond motifs is 9. The van der Waals surface area contributed by atoms with Crippen LogP contribution in [0, 0.1) is 39.3 Å². The third-order valence-electron chi connectivity index (χ3n) is 13.9. The Morgan fingerprint density at radius 1 is 0.348 bits per heavy atom. The fraction of sp³-hybridized carbons (Fsp3) is 0.115. The fourth-order valence-electron chi connectivity index (χ4n) is 11.1. The fourth-order valence-corrected chi connectivity index (χ4v) is 11.1. The topological polar surface area (TPSA) is 14.8 Å². The van der Waals surface area contributed by atoms with E-state index in [0.717, 1.165) is 105 Å². The maximum atomic E-state index is 15.3. The molecule has 0 fully saturated rings. The van der Waals surface area contributed by atoms with E-state index < -0.39 is 5.54 Å². The van der Waals surface area contributed by atoms with Crippen molar-refractivity contribution < 1.29 is 8.78 Å². The summed E-state index contributed by atoms with van der Waals surface area (Å²) in [6.07, 6.45) is 0. The number of hydrogen-bond donors (Lipinski definition) is 0. The molecule has 9 aromatic carbocycles. The lowest BCUT2D eigenvalue weighted by Gasteiger charge is -2.37. The number of hydrogen-bond acceptors (Lipinski definition) is 0. The van der Waals surface area contributed by atoms with Gasteiger partial charge in [0.1, 0.15) is 11.6 Å². The van der Waals surface area contributed by atoms with Crippen molar-refractivity contribution in [2.24, 2.45) is 0 Å². The second-order valence-corrected chi connectivity index (χ2v) is 18.7. The number of para-hydroxylation sites is 2. The largest absolute Gasteiger partial charge is 0.331 e. The first-order valence-electron chi connectivity index (χ1n) is 22.7. The van der Waals surface area contributed by atoms with Gasteiger partial charge in [-0.15, -0.1) is 0 Å². The molecule has 12 rings (SSSR count). The highest BCUT2D eigenvalue weighted by atomic mass is 19.1. The zero-order chi connectivity index (χ0) is 45.2. The van der Waals surface area contributed by atoms with Crippen molar-refractivity contribution in [1.82, 2.24) is 13.7 Å². The molecule has 0 N–H and O–H groups in total. The van der Waals surface area contributed by atoms with E-state index >= 15 is 8.78 Å². The Bertz CT molecular complexity index is 3590. The minimum absolute atomic E-state index is 0.308. The molecule has 0 atom stereocenters. The lowest BCUT2D eigenvalue weighted by Crippen LogP contribution is -2.30. The van der Waals surface area contributed by atoms with Crippen molar-refractivity contribution in [2.45, 2.75) is 47.1 Å². The van der Waals surface area contributed by atoms with Crippen molar-refractivity contribution in [3.8, 4) is 33.6 Å². The molecule has 320 valence electrons. The smallest absolute Gasteiger partial charge is 0.123 e. The molecule has 0 radical (unpaired) electrons. The van der Waals surface area contributed by atoms with Gasteiger partial charge in [0.2, 0.25) is 0 Å². The molecular weight excluding hydrogens is 813 g/mol. The molecule has 12 aromatic rings. The summed E-state index contributed by atoms with van der Waals surface area (Å²) < 4.78 is 38.0. The molecule has 0 amide bonds. The van der Waals surface area contributed by atoms with E-state index in [1.165, 1.54) is 22.3 Å². The Morgan fingerprint density at radius 2 is 0.682 bits per heavy atom. The highest BCUT2D eigenvalue weighted by molar-refractivity contribution is 6.13. The third kappa shape index (κ3) is 5.92. The summed E-state index contributed by atoms with van der Waals surface area (Å²) in [4.78, 5) is 0. The summed E-state index contributed by atoms with van der Waals surface area (Å²) in [7, 11) is 0. The average molecular weight is 860 g/mol. The molecular formula is C61H47F2N3. The molecule has 0 saturated heterocycles. The summed E-state index contributed by atoms with van der Waals surface area (Å²) in [6.45, 7) is 13.2. The normalized spacial score (nSPS) is 12.2. The Kier molecular flexibility index (Phi) is 8.82. The van der Waals surface area contributed by atoms with Gasteiger partial charge in [0.25, 0.3) is 0 Å². The van der Waals surface area contributed by atoms with E-state index in [4.69, 9.17) is 0 Å². The zero-order valence-corrected chi connectivity index (χ0v) is 37.8. The van der Waals surface area contributed by atoms with Gasteiger partial charge in [0, 0.05) is 54.5 Å². The van der Waals surface area contributed by atoms with Gasteiger partial charge in [-0.3, -0.25) is 0 Å². The first-order valence-corrected chi connectivity index (χ1v) is 22.7. The molecule has 0 bridgehead atoms. The maximum Gasteiger partial charge on any atom is 0.123 e. The first kappa shape index (κ1) is 39.8. The molecule has 3 heterocycles. The van der Waals surface area contributed by atoms with Crippen LogP contribution in [-0.2, 0) is 5.54 Å². The minimum Gasteiger partial charge on any atom is -0.331 e. The van der Waals surface area contributed by atoms with Crippen LogP contribution in [0.3, 0.4) is 0 Å². The SMILES string of the molecule is Cc1ccc2c(c1)c1cc(C)ccc1n2-c1cc(-n2c3ccc(C)cc3c3cc(C)ccc32)c(-c2ccc(F)cc2)c(C(C)(C)n2c3ccccc3c3ccccc32)c1-c1ccc(F)cc1. The van der Waals surface area contributed by atoms with E-state index in [9.17, 15) is 0 Å². The lowest BCUT2D eigenvalue weighted by atomic mass is 9.79. The Morgan fingerprint density at radius 3 is 1.03 bits per heavy atom. The summed E-state index contributed by atoms with van der Waals surface area (Å²) in [6, 6.07) is 60.5. The Hall–Kier alpha value is -7.76. The Labute approximate surface area is 382 Å². The molecule has 66 heavy (non-hydrogen) atoms. The standard InChI is InChI=1S/C61H47F2N3/c1-36-15-27-50-46(31-36)47-32-37(2)16-28-51(47)64(50)56-35-57(65-52-29-17-38(3)33-48(52)49-34-39(4)18-30-53(49)65)59(41-21-25-43(63)26-22-41)60(58(56)40-19-23-42(62)24-20-40)61(5,6)66-54-13-9-7-11-44(54)45-12-8-10-14-55(45)66/h7-35H,1-6H3. The van der Waals surface area contributed by atoms with Gasteiger partial charge in [-0.1, -0.05) is 107 Å². The highest BCUT2D eigenvalue weighted by Gasteiger charge is 2.37. The molecule has 0 unspecified atom stereocenters. The first-order chi connectivity index (χ1) is 32.0. The van der Waals surface area contributed by atoms with E-state index in [2.05, 4.69) is 183 Å². The van der Waals surface area contributed by atoms with E-state index in [1.807, 2.05) is 24.3 Å². The second-order valence-electron chi connectivity index (χ2n) is 18.7. The van der Waals surface area contributed by atoms with Gasteiger partial charge < -0.3 is 13.7 Å². The molecule has 0 saturated carbocycles. The summed E-state index contributed by atoms with van der Waals surface area (Å²) in [5.41, 5.74) is 16.9. The van der Waals surface area contributed by atoms with Crippen LogP contribution in [0.1, 0.15) is 41.7 Å². The molecule has 0 aliphatic heterocycles. The van der Waals surface area contributed by atoms with Crippen molar-refractivity contribution in [1.29, 1.82) is 0 Å². The number of benzene rings is 9. The number of aryl methyl sites for hydroxylation is 4. The van der Waals surface area contributed by atoms with Crippen LogP contribution < -0.4 is 0 Å². The van der Waals surface area contributed by atoms with E-state index in [0.29, 0.717) is 0 Å². The number of halogens is 2. The van der Waals surface area contributed by atoms with Crippen LogP contribution in [0.5, 0.6) is 0 Å². The zero-order valence-electron chi connectivity index (χ0n) is 37.8. The quantitative estimate of drug-likeness (QED) is 0.158. The molecule has 0 spiro atoms. The minimum atomic E-state index is -0.821. The molecule has 5 heteroatoms. The van der Waals surface area contributed by atoms with Gasteiger partial charge in [-0.05, 0) is 149 Å². The predicted molar refractivity (Wildman–Crippen MR) is 273 cm³/mol. The van der Waals surface area contributed by atoms with Crippen molar-refractivity contribution in [2.75, 3.05) is 0 Å². The number of nitrogens with zero attached hydrogens (tertiary/aromatic N) is 3. The van der Waals surface area contributed by atoms with Crippen LogP contribution in [0.2, 0.25) is 0 Å². The Balaban J connectivity index is 1.38. The lowest BCUT2D eigenvalue weighted by molar-refractivity contribution is 0.467. The molecule has 0 aliphatic rings. The maximum absolute atomic E-state index is 15.3. The van der Waals surface area contributed by atoms with E-state index in [-0.39, 0.29) is 11.6 Å². The van der Waals surface area contributed by atoms with Crippen molar-refractivity contribution in [3.05, 3.63) is 215 Å². The van der Waals surface area contributed by atoms with Gasteiger partial charge in [0.15, 0.2) is 0 Å². The van der Waals surface area contributed by atoms with Crippen LogP contribution >= 0.6 is 0 Å². The van der Waals surface area contributed by atoms with Crippen LogP contribution in [0.15, 0.2) is 176 Å². The van der Waals surface area contributed by atoms with Gasteiger partial charge in [0.05, 0.1) is 39.0 Å². The molecule has 0 aliphatic carbocycles. The number of aromatic nitrogens is 3. The van der Waals surface area contributed by atoms with Crippen LogP contribution in [0.25, 0.3) is 99.0 Å². The summed E-state index contributed by atoms with van der Waals surface area (Å²) in [5, 5.41) is 6.96. The van der Waals surface area contributed by atoms with Gasteiger partial charge >= 0.3 is 0 Å². The van der Waals surface area contributed by atoms with Gasteiger partial charge in [-0.2, -0.15) is 0 Å².